The summed E-state index contributed by atoms with van der Waals surface area (Å²) in [6.45, 7) is 0. The molecule has 0 aliphatic carbocycles. The Balaban J connectivity index is 2.56. The second-order valence-corrected chi connectivity index (χ2v) is 2.82. The highest BCUT2D eigenvalue weighted by atomic mass is 35.5. The number of aliphatic hydroxyl groups excluding tert-OH is 1. The first-order valence-electron chi connectivity index (χ1n) is 3.74. The van der Waals surface area contributed by atoms with Gasteiger partial charge in [0, 0.05) is 0 Å². The Hall–Kier alpha value is -1.17. The zero-order valence-corrected chi connectivity index (χ0v) is 7.61. The normalized spacial score (nSPS) is 14.2. The van der Waals surface area contributed by atoms with Gasteiger partial charge < -0.3 is 9.84 Å². The summed E-state index contributed by atoms with van der Waals surface area (Å²) in [5.41, 5.74) is -0.910. The molecule has 3 heteroatoms. The fraction of sp³-hybridized carbons (Fsp3) is 0.200. The average molecular weight is 197 g/mol. The molecule has 0 aliphatic heterocycles. The van der Waals surface area contributed by atoms with Crippen molar-refractivity contribution in [1.29, 1.82) is 0 Å². The van der Waals surface area contributed by atoms with Crippen molar-refractivity contribution in [3.8, 4) is 18.1 Å². The van der Waals surface area contributed by atoms with Gasteiger partial charge in [0.25, 0.3) is 0 Å². The number of alkyl halides is 1. The van der Waals surface area contributed by atoms with Crippen molar-refractivity contribution in [2.75, 3.05) is 0 Å². The molecule has 1 rings (SSSR count). The Labute approximate surface area is 82.1 Å². The van der Waals surface area contributed by atoms with Crippen molar-refractivity contribution in [3.05, 3.63) is 30.3 Å². The molecule has 68 valence electrons. The second-order valence-electron chi connectivity index (χ2n) is 2.39. The highest BCUT2D eigenvalue weighted by molar-refractivity contribution is 6.20. The largest absolute Gasteiger partial charge is 0.471 e. The topological polar surface area (TPSA) is 29.5 Å². The Morgan fingerprint density at radius 2 is 2.00 bits per heavy atom. The molecular weight excluding hydrogens is 188 g/mol. The molecule has 2 nitrogen and oxygen atoms in total. The van der Waals surface area contributed by atoms with Crippen molar-refractivity contribution in [2.24, 2.45) is 0 Å². The van der Waals surface area contributed by atoms with E-state index in [1.807, 2.05) is 6.07 Å². The van der Waals surface area contributed by atoms with E-state index in [0.717, 1.165) is 0 Å². The summed E-state index contributed by atoms with van der Waals surface area (Å²) in [5.74, 6) is 2.66. The van der Waals surface area contributed by atoms with Gasteiger partial charge in [-0.25, -0.2) is 0 Å². The van der Waals surface area contributed by atoms with E-state index in [-0.39, 0.29) is 0 Å². The molecule has 1 aromatic carbocycles. The third kappa shape index (κ3) is 2.98. The SMILES string of the molecule is C#CC(O)C(Cl)Oc1ccccc1. The highest BCUT2D eigenvalue weighted by Gasteiger charge is 2.14. The molecule has 13 heavy (non-hydrogen) atoms. The fourth-order valence-corrected chi connectivity index (χ4v) is 0.945. The van der Waals surface area contributed by atoms with Gasteiger partial charge in [0.15, 0.2) is 6.10 Å². The van der Waals surface area contributed by atoms with Crippen LogP contribution < -0.4 is 4.74 Å². The number of ether oxygens (including phenoxy) is 1. The van der Waals surface area contributed by atoms with Crippen LogP contribution in [0.3, 0.4) is 0 Å². The molecule has 1 N–H and O–H groups in total. The molecule has 2 unspecified atom stereocenters. The summed E-state index contributed by atoms with van der Waals surface area (Å²) in [4.78, 5) is 0. The molecule has 0 saturated carbocycles. The molecule has 0 saturated heterocycles. The Kier molecular flexibility index (Phi) is 3.63. The van der Waals surface area contributed by atoms with Gasteiger partial charge in [0.05, 0.1) is 0 Å². The molecule has 0 radical (unpaired) electrons. The summed E-state index contributed by atoms with van der Waals surface area (Å²) in [5, 5.41) is 9.09. The van der Waals surface area contributed by atoms with Gasteiger partial charge in [-0.2, -0.15) is 0 Å². The van der Waals surface area contributed by atoms with Crippen LogP contribution >= 0.6 is 11.6 Å². The van der Waals surface area contributed by atoms with Gasteiger partial charge in [-0.3, -0.25) is 0 Å². The van der Waals surface area contributed by atoms with Crippen molar-refractivity contribution in [1.82, 2.24) is 0 Å². The first-order valence-corrected chi connectivity index (χ1v) is 4.17. The van der Waals surface area contributed by atoms with Crippen LogP contribution in [0, 0.1) is 12.3 Å². The number of hydrogen-bond acceptors (Lipinski definition) is 2. The number of terminal acetylenes is 1. The minimum Gasteiger partial charge on any atom is -0.471 e. The van der Waals surface area contributed by atoms with E-state index in [1.54, 1.807) is 24.3 Å². The summed E-state index contributed by atoms with van der Waals surface area (Å²) in [7, 11) is 0. The third-order valence-corrected chi connectivity index (χ3v) is 1.74. The Bertz CT molecular complexity index is 292. The first kappa shape index (κ1) is 9.91. The molecule has 0 heterocycles. The minimum absolute atomic E-state index is 0.580. The van der Waals surface area contributed by atoms with Gasteiger partial charge in [0.1, 0.15) is 5.75 Å². The van der Waals surface area contributed by atoms with Crippen LogP contribution in [0.5, 0.6) is 5.75 Å². The summed E-state index contributed by atoms with van der Waals surface area (Å²) >= 11 is 5.65. The zero-order valence-electron chi connectivity index (χ0n) is 6.85. The lowest BCUT2D eigenvalue weighted by Gasteiger charge is -2.13. The summed E-state index contributed by atoms with van der Waals surface area (Å²) in [6, 6.07) is 8.94. The van der Waals surface area contributed by atoms with Crippen LogP contribution in [0.15, 0.2) is 30.3 Å². The van der Waals surface area contributed by atoms with Gasteiger partial charge in [0.2, 0.25) is 5.56 Å². The van der Waals surface area contributed by atoms with Crippen molar-refractivity contribution < 1.29 is 9.84 Å². The van der Waals surface area contributed by atoms with Crippen molar-refractivity contribution in [3.63, 3.8) is 0 Å². The third-order valence-electron chi connectivity index (χ3n) is 1.41. The smallest absolute Gasteiger partial charge is 0.208 e. The number of para-hydroxylation sites is 1. The van der Waals surface area contributed by atoms with Crippen molar-refractivity contribution in [2.45, 2.75) is 11.7 Å². The molecule has 0 amide bonds. The van der Waals surface area contributed by atoms with Crippen LogP contribution in [0.2, 0.25) is 0 Å². The number of benzene rings is 1. The van der Waals surface area contributed by atoms with Crippen LogP contribution in [-0.4, -0.2) is 16.8 Å². The lowest BCUT2D eigenvalue weighted by atomic mass is 10.3. The van der Waals surface area contributed by atoms with Gasteiger partial charge in [-0.1, -0.05) is 35.7 Å². The number of rotatable bonds is 3. The summed E-state index contributed by atoms with van der Waals surface area (Å²) < 4.78 is 5.14. The average Bonchev–Trinajstić information content (AvgIpc) is 2.18. The second kappa shape index (κ2) is 4.76. The molecule has 0 aromatic heterocycles. The van der Waals surface area contributed by atoms with E-state index in [0.29, 0.717) is 5.75 Å². The van der Waals surface area contributed by atoms with E-state index in [4.69, 9.17) is 27.9 Å². The Morgan fingerprint density at radius 3 is 2.54 bits per heavy atom. The van der Waals surface area contributed by atoms with Crippen LogP contribution in [-0.2, 0) is 0 Å². The highest BCUT2D eigenvalue weighted by Crippen LogP contribution is 2.14. The van der Waals surface area contributed by atoms with Crippen molar-refractivity contribution >= 4 is 11.6 Å². The minimum atomic E-state index is -1.10. The maximum atomic E-state index is 9.09. The molecule has 0 bridgehead atoms. The van der Waals surface area contributed by atoms with Crippen LogP contribution in [0.1, 0.15) is 0 Å². The maximum Gasteiger partial charge on any atom is 0.208 e. The maximum absolute atomic E-state index is 9.09. The van der Waals surface area contributed by atoms with E-state index >= 15 is 0 Å². The molecule has 0 spiro atoms. The molecule has 0 aliphatic rings. The zero-order chi connectivity index (χ0) is 9.68. The van der Waals surface area contributed by atoms with E-state index < -0.39 is 11.7 Å². The quantitative estimate of drug-likeness (QED) is 0.588. The number of halogens is 1. The van der Waals surface area contributed by atoms with Gasteiger partial charge in [-0.15, -0.1) is 6.42 Å². The lowest BCUT2D eigenvalue weighted by molar-refractivity contribution is 0.125. The van der Waals surface area contributed by atoms with E-state index in [9.17, 15) is 0 Å². The summed E-state index contributed by atoms with van der Waals surface area (Å²) in [6.07, 6.45) is 3.87. The monoisotopic (exact) mass is 196 g/mol. The lowest BCUT2D eigenvalue weighted by Crippen LogP contribution is -2.24. The molecule has 1 aromatic rings. The standard InChI is InChI=1S/C10H9ClO2/c1-2-9(12)10(11)13-8-6-4-3-5-7-8/h1,3-7,9-10,12H. The Morgan fingerprint density at radius 1 is 1.38 bits per heavy atom. The first-order chi connectivity index (χ1) is 6.24. The predicted octanol–water partition coefficient (Wildman–Crippen LogP) is 1.62. The van der Waals surface area contributed by atoms with Gasteiger partial charge in [-0.05, 0) is 12.1 Å². The van der Waals surface area contributed by atoms with Crippen LogP contribution in [0.25, 0.3) is 0 Å². The molecule has 0 fully saturated rings. The molecular formula is C10H9ClO2. The van der Waals surface area contributed by atoms with E-state index in [2.05, 4.69) is 5.92 Å². The van der Waals surface area contributed by atoms with Crippen LogP contribution in [0.4, 0.5) is 0 Å². The van der Waals surface area contributed by atoms with E-state index in [1.165, 1.54) is 0 Å². The van der Waals surface area contributed by atoms with Gasteiger partial charge >= 0.3 is 0 Å². The predicted molar refractivity (Wildman–Crippen MR) is 51.6 cm³/mol. The number of hydrogen-bond donors (Lipinski definition) is 1. The fourth-order valence-electron chi connectivity index (χ4n) is 0.769. The number of aliphatic hydroxyl groups is 1. The molecule has 2 atom stereocenters.